The van der Waals surface area contributed by atoms with E-state index in [0.29, 0.717) is 5.56 Å². The highest BCUT2D eigenvalue weighted by atomic mass is 35.6. The Hall–Kier alpha value is -8.59. The van der Waals surface area contributed by atoms with Crippen LogP contribution in [0.1, 0.15) is 22.7 Å². The minimum atomic E-state index is -2.22. The van der Waals surface area contributed by atoms with Crippen molar-refractivity contribution < 1.29 is 39.0 Å². The summed E-state index contributed by atoms with van der Waals surface area (Å²) in [6, 6.07) is 12.4. The predicted molar refractivity (Wildman–Crippen MR) is 249 cm³/mol. The molecule has 0 bridgehead atoms. The monoisotopic (exact) mass is 1000 g/mol. The first-order valence-electron chi connectivity index (χ1n) is 18.7. The van der Waals surface area contributed by atoms with Crippen molar-refractivity contribution in [1.29, 1.82) is 0 Å². The third-order valence-electron chi connectivity index (χ3n) is 8.33. The number of phenols is 1. The second-order valence-electron chi connectivity index (χ2n) is 13.5. The average Bonchev–Trinajstić information content (AvgIpc) is 3.25. The highest BCUT2D eigenvalue weighted by Gasteiger charge is 2.37. The molecule has 25 N–H and O–H groups in total. The summed E-state index contributed by atoms with van der Waals surface area (Å²) in [5, 5.41) is 32.2. The number of primary amides is 1. The second-order valence-corrected chi connectivity index (χ2v) is 15.8. The van der Waals surface area contributed by atoms with Gasteiger partial charge in [-0.25, -0.2) is 25.0 Å². The summed E-state index contributed by atoms with van der Waals surface area (Å²) in [6.07, 6.45) is -9.40. The van der Waals surface area contributed by atoms with Gasteiger partial charge in [0.15, 0.2) is 23.8 Å². The van der Waals surface area contributed by atoms with Gasteiger partial charge in [-0.3, -0.25) is 28.8 Å². The Balaban J connectivity index is 2.00. The lowest BCUT2D eigenvalue weighted by atomic mass is 10.1. The number of carbonyl (C=O) groups excluding carboxylic acids is 6. The van der Waals surface area contributed by atoms with Crippen molar-refractivity contribution in [1.82, 2.24) is 31.6 Å². The summed E-state index contributed by atoms with van der Waals surface area (Å²) >= 11 is 18.1. The van der Waals surface area contributed by atoms with Gasteiger partial charge in [-0.2, -0.15) is 0 Å². The summed E-state index contributed by atoms with van der Waals surface area (Å²) in [5.74, 6) is -11.2. The number of nitrogens with two attached hydrogens (primary N) is 9. The molecule has 32 heteroatoms. The van der Waals surface area contributed by atoms with Crippen LogP contribution >= 0.6 is 34.8 Å². The quantitative estimate of drug-likeness (QED) is 0.0218. The van der Waals surface area contributed by atoms with E-state index in [-0.39, 0.29) is 34.9 Å². The zero-order valence-corrected chi connectivity index (χ0v) is 37.2. The Morgan fingerprint density at radius 3 is 1.53 bits per heavy atom. The number of halogens is 3. The molecule has 0 aliphatic heterocycles. The van der Waals surface area contributed by atoms with Crippen LogP contribution in [-0.2, 0) is 39.1 Å². The van der Waals surface area contributed by atoms with E-state index >= 15 is 0 Å². The number of carbonyl (C=O) groups is 6. The van der Waals surface area contributed by atoms with E-state index in [1.165, 1.54) is 54.6 Å². The number of rotatable bonds is 20. The zero-order valence-electron chi connectivity index (χ0n) is 34.9. The standard InChI is InChI=1S/C36H44Cl3N21O8/c1-49-18-11-16(36(37,38)39)12-50-25(18)60(13-14-7-9-17(61)10-8-14)31(68)30(67)51-19(15-5-3-2-4-6-15)26(63)53-22(57-33(43)44)28(65)55-24(59-35(47)48)29(66)54-23(58-34(45)46)27(64)52-21(20(40)62)56-32(41)42/h1-12,19,21-24,31,68H,13H2,(H23-,40,41,42,43,44,45,46,47,48,51,52,53,54,55,56,57,58,59,61,62,63,64,65,66,67)/p+1. The normalized spacial score (nSPS) is 13.3. The number of amides is 6. The number of phenolic OH excluding ortho intramolecular Hbond substituents is 1. The van der Waals surface area contributed by atoms with Crippen molar-refractivity contribution in [3.05, 3.63) is 88.4 Å². The van der Waals surface area contributed by atoms with E-state index in [0.717, 1.165) is 11.1 Å². The first-order valence-corrected chi connectivity index (χ1v) is 19.9. The maximum absolute atomic E-state index is 14.2. The number of aliphatic hydroxyl groups excluding tert-OH is 1. The van der Waals surface area contributed by atoms with Gasteiger partial charge in [-0.1, -0.05) is 77.3 Å². The van der Waals surface area contributed by atoms with E-state index in [1.807, 2.05) is 10.6 Å². The lowest BCUT2D eigenvalue weighted by Gasteiger charge is -2.29. The number of aromatic hydroxyl groups is 1. The number of hydrogen-bond donors (Lipinski definition) is 16. The molecule has 0 saturated carbocycles. The number of aliphatic imine (C=N–C) groups is 4. The molecule has 0 saturated heterocycles. The lowest BCUT2D eigenvalue weighted by molar-refractivity contribution is -0.136. The molecule has 0 aliphatic carbocycles. The predicted octanol–water partition coefficient (Wildman–Crippen LogP) is -5.26. The van der Waals surface area contributed by atoms with Gasteiger partial charge in [0.05, 0.1) is 0 Å². The van der Waals surface area contributed by atoms with Gasteiger partial charge in [-0.05, 0) is 28.1 Å². The van der Waals surface area contributed by atoms with Gasteiger partial charge in [0.1, 0.15) is 11.8 Å². The summed E-state index contributed by atoms with van der Waals surface area (Å²) in [4.78, 5) is 104. The fraction of sp³-hybridized carbons (Fsp3) is 0.222. The van der Waals surface area contributed by atoms with Crippen LogP contribution in [-0.4, -0.2) is 105 Å². The number of aliphatic hydroxyl groups is 1. The van der Waals surface area contributed by atoms with Crippen molar-refractivity contribution in [3.8, 4) is 12.3 Å². The SMILES string of the molecule is C#[N+]c1cc(C(Cl)(Cl)Cl)cnc1N(Cc1ccc(O)cc1)C(O)C(=O)NC(C(=O)NC(N=C(N)N)C(=O)NC(N=C(N)N)C(=O)NC(N=C(N)N)C(=O)NC(N=C(N)N)C(N)=O)c1ccccc1. The maximum Gasteiger partial charge on any atom is 0.382 e. The van der Waals surface area contributed by atoms with Crippen molar-refractivity contribution >= 4 is 106 Å². The van der Waals surface area contributed by atoms with Gasteiger partial charge >= 0.3 is 5.69 Å². The number of anilines is 1. The molecule has 0 aliphatic rings. The summed E-state index contributed by atoms with van der Waals surface area (Å²) in [6.45, 7) is 5.35. The largest absolute Gasteiger partial charge is 0.508 e. The minimum absolute atomic E-state index is 0.0164. The Morgan fingerprint density at radius 1 is 0.662 bits per heavy atom. The van der Waals surface area contributed by atoms with Crippen LogP contribution in [0.25, 0.3) is 4.85 Å². The number of guanidine groups is 4. The van der Waals surface area contributed by atoms with Gasteiger partial charge in [-0.15, -0.1) is 0 Å². The van der Waals surface area contributed by atoms with Gasteiger partial charge < -0.3 is 93.3 Å². The highest BCUT2D eigenvalue weighted by molar-refractivity contribution is 6.66. The Bertz CT molecular complexity index is 2500. The molecule has 6 unspecified atom stereocenters. The minimum Gasteiger partial charge on any atom is -0.508 e. The molecule has 3 aromatic rings. The van der Waals surface area contributed by atoms with Gasteiger partial charge in [0.25, 0.3) is 36.1 Å². The molecular weight excluding hydrogens is 961 g/mol. The highest BCUT2D eigenvalue weighted by Crippen LogP contribution is 2.41. The number of pyridine rings is 1. The van der Waals surface area contributed by atoms with Crippen LogP contribution in [0.4, 0.5) is 11.5 Å². The molecule has 2 aromatic carbocycles. The van der Waals surface area contributed by atoms with E-state index in [4.69, 9.17) is 93.0 Å². The molecule has 6 atom stereocenters. The molecular formula is C36H45Cl3N21O8+. The van der Waals surface area contributed by atoms with Crippen LogP contribution in [0, 0.1) is 6.57 Å². The molecule has 6 amide bonds. The van der Waals surface area contributed by atoms with Crippen LogP contribution in [0.3, 0.4) is 0 Å². The summed E-state index contributed by atoms with van der Waals surface area (Å²) in [5.41, 5.74) is 49.1. The third-order valence-corrected chi connectivity index (χ3v) is 8.98. The molecule has 29 nitrogen and oxygen atoms in total. The number of nitrogens with one attached hydrogen (secondary N) is 5. The van der Waals surface area contributed by atoms with Crippen LogP contribution in [0.15, 0.2) is 86.8 Å². The Kier molecular flexibility index (Phi) is 19.0. The Labute approximate surface area is 399 Å². The molecule has 3 rings (SSSR count). The molecule has 1 heterocycles. The van der Waals surface area contributed by atoms with Gasteiger partial charge in [0.2, 0.25) is 46.4 Å². The van der Waals surface area contributed by atoms with E-state index in [1.54, 1.807) is 6.07 Å². The van der Waals surface area contributed by atoms with Gasteiger partial charge in [0, 0.05) is 24.4 Å². The zero-order chi connectivity index (χ0) is 51.0. The van der Waals surface area contributed by atoms with Crippen LogP contribution < -0.4 is 83.1 Å². The third kappa shape index (κ3) is 16.1. The lowest BCUT2D eigenvalue weighted by Crippen LogP contribution is -2.58. The first-order chi connectivity index (χ1) is 31.8. The van der Waals surface area contributed by atoms with E-state index in [2.05, 4.69) is 45.7 Å². The topological polar surface area (TPSA) is 507 Å². The van der Waals surface area contributed by atoms with Crippen molar-refractivity contribution in [3.63, 3.8) is 0 Å². The smallest absolute Gasteiger partial charge is 0.382 e. The second kappa shape index (κ2) is 24.1. The Morgan fingerprint density at radius 2 is 1.10 bits per heavy atom. The summed E-state index contributed by atoms with van der Waals surface area (Å²) < 4.78 is -1.99. The number of aromatic nitrogens is 1. The molecule has 0 fully saturated rings. The summed E-state index contributed by atoms with van der Waals surface area (Å²) in [7, 11) is 0. The fourth-order valence-corrected chi connectivity index (χ4v) is 5.70. The fourth-order valence-electron chi connectivity index (χ4n) is 5.39. The van der Waals surface area contributed by atoms with E-state index in [9.17, 15) is 39.0 Å². The molecule has 68 heavy (non-hydrogen) atoms. The van der Waals surface area contributed by atoms with Crippen molar-refractivity contribution in [2.75, 3.05) is 4.90 Å². The van der Waals surface area contributed by atoms with Crippen molar-refractivity contribution in [2.45, 2.75) is 47.3 Å². The first kappa shape index (κ1) is 53.7. The molecule has 0 spiro atoms. The van der Waals surface area contributed by atoms with Crippen molar-refractivity contribution in [2.24, 2.45) is 71.6 Å². The van der Waals surface area contributed by atoms with E-state index < -0.39 is 100 Å². The number of alkyl halides is 3. The van der Waals surface area contributed by atoms with Crippen LogP contribution in [0.2, 0.25) is 0 Å². The van der Waals surface area contributed by atoms with Crippen LogP contribution in [0.5, 0.6) is 5.75 Å². The molecule has 1 aromatic heterocycles. The number of nitrogens with zero attached hydrogens (tertiary/aromatic N) is 7. The number of benzene rings is 2. The molecule has 362 valence electrons. The number of hydrogen-bond acceptors (Lipinski definition) is 14. The average molecular weight is 1010 g/mol. The molecule has 0 radical (unpaired) electrons. The maximum atomic E-state index is 14.2.